The molecule has 3 fully saturated rings. The molecule has 1 aliphatic carbocycles. The van der Waals surface area contributed by atoms with Crippen LogP contribution in [0.2, 0.25) is 0 Å². The maximum absolute atomic E-state index is 13.5. The maximum atomic E-state index is 13.5. The number of methoxy groups -OCH3 is 1. The van der Waals surface area contributed by atoms with Gasteiger partial charge >= 0.3 is 0 Å². The van der Waals surface area contributed by atoms with E-state index in [-0.39, 0.29) is 6.04 Å². The normalized spacial score (nSPS) is 27.2. The number of fused-ring (bicyclic) bond motifs is 1. The average Bonchev–Trinajstić information content (AvgIpc) is 2.73. The second-order valence-corrected chi connectivity index (χ2v) is 9.83. The number of anilines is 1. The molecule has 7 heteroatoms. The van der Waals surface area contributed by atoms with Crippen LogP contribution in [-0.4, -0.2) is 58.6 Å². The molecule has 27 heavy (non-hydrogen) atoms. The molecule has 2 unspecified atom stereocenters. The van der Waals surface area contributed by atoms with Crippen molar-refractivity contribution in [1.29, 1.82) is 0 Å². The summed E-state index contributed by atoms with van der Waals surface area (Å²) >= 11 is 0. The minimum atomic E-state index is -3.48. The van der Waals surface area contributed by atoms with Gasteiger partial charge in [-0.2, -0.15) is 4.31 Å². The van der Waals surface area contributed by atoms with Gasteiger partial charge in [-0.1, -0.05) is 12.8 Å². The van der Waals surface area contributed by atoms with Crippen molar-refractivity contribution in [2.24, 2.45) is 5.92 Å². The summed E-state index contributed by atoms with van der Waals surface area (Å²) < 4.78 is 34.4. The molecule has 1 N–H and O–H groups in total. The lowest BCUT2D eigenvalue weighted by Gasteiger charge is -2.43. The van der Waals surface area contributed by atoms with E-state index in [1.165, 1.54) is 19.3 Å². The molecule has 0 aromatic heterocycles. The molecule has 6 nitrogen and oxygen atoms in total. The number of piperazine rings is 1. The van der Waals surface area contributed by atoms with Gasteiger partial charge in [0.25, 0.3) is 0 Å². The molecule has 2 saturated heterocycles. The smallest absolute Gasteiger partial charge is 0.243 e. The topological polar surface area (TPSA) is 61.9 Å². The lowest BCUT2D eigenvalue weighted by Crippen LogP contribution is -2.49. The Kier molecular flexibility index (Phi) is 5.62. The van der Waals surface area contributed by atoms with Gasteiger partial charge in [-0.05, 0) is 49.8 Å². The van der Waals surface area contributed by atoms with Crippen molar-refractivity contribution >= 4 is 15.7 Å². The zero-order valence-electron chi connectivity index (χ0n) is 16.2. The van der Waals surface area contributed by atoms with E-state index in [9.17, 15) is 8.42 Å². The fourth-order valence-electron chi connectivity index (χ4n) is 5.00. The van der Waals surface area contributed by atoms with Crippen LogP contribution in [0.4, 0.5) is 5.69 Å². The number of nitrogens with one attached hydrogen (secondary N) is 1. The number of ether oxygens (including phenoxy) is 1. The number of hydrogen-bond donors (Lipinski definition) is 1. The van der Waals surface area contributed by atoms with E-state index in [1.54, 1.807) is 13.2 Å². The van der Waals surface area contributed by atoms with Crippen LogP contribution in [0.3, 0.4) is 0 Å². The third-order valence-electron chi connectivity index (χ3n) is 6.41. The molecule has 4 rings (SSSR count). The SMILES string of the molecule is COc1ccc(S(=O)(=O)N2CCCC3CCCCC32)cc1N1CCNCC1. The standard InChI is InChI=1S/C20H31N3O3S/c1-26-20-9-8-17(15-19(20)22-13-10-21-11-14-22)27(24,25)23-12-4-6-16-5-2-3-7-18(16)23/h8-9,15-16,18,21H,2-7,10-14H2,1H3. The van der Waals surface area contributed by atoms with E-state index in [0.717, 1.165) is 56.9 Å². The second kappa shape index (κ2) is 7.97. The first-order chi connectivity index (χ1) is 13.1. The van der Waals surface area contributed by atoms with Crippen LogP contribution in [0.15, 0.2) is 23.1 Å². The Morgan fingerprint density at radius 3 is 2.56 bits per heavy atom. The lowest BCUT2D eigenvalue weighted by molar-refractivity contribution is 0.129. The Morgan fingerprint density at radius 2 is 1.78 bits per heavy atom. The molecule has 2 atom stereocenters. The highest BCUT2D eigenvalue weighted by Crippen LogP contribution is 2.39. The summed E-state index contributed by atoms with van der Waals surface area (Å²) in [7, 11) is -1.84. The van der Waals surface area contributed by atoms with E-state index in [4.69, 9.17) is 4.74 Å². The monoisotopic (exact) mass is 393 g/mol. The van der Waals surface area contributed by atoms with Crippen LogP contribution in [0, 0.1) is 5.92 Å². The summed E-state index contributed by atoms with van der Waals surface area (Å²) in [5.41, 5.74) is 0.886. The molecule has 1 aromatic carbocycles. The minimum Gasteiger partial charge on any atom is -0.495 e. The summed E-state index contributed by atoms with van der Waals surface area (Å²) in [4.78, 5) is 2.62. The maximum Gasteiger partial charge on any atom is 0.243 e. The van der Waals surface area contributed by atoms with Crippen molar-refractivity contribution in [3.63, 3.8) is 0 Å². The summed E-state index contributed by atoms with van der Waals surface area (Å²) in [6.07, 6.45) is 6.70. The molecule has 1 saturated carbocycles. The molecule has 2 aliphatic heterocycles. The molecule has 1 aromatic rings. The average molecular weight is 394 g/mol. The van der Waals surface area contributed by atoms with E-state index < -0.39 is 10.0 Å². The van der Waals surface area contributed by atoms with Gasteiger partial charge in [0, 0.05) is 38.8 Å². The Bertz CT molecular complexity index is 760. The molecule has 0 bridgehead atoms. The van der Waals surface area contributed by atoms with E-state index >= 15 is 0 Å². The van der Waals surface area contributed by atoms with Crippen molar-refractivity contribution in [1.82, 2.24) is 9.62 Å². The Morgan fingerprint density at radius 1 is 1.04 bits per heavy atom. The summed E-state index contributed by atoms with van der Waals surface area (Å²) in [6, 6.07) is 5.53. The molecule has 150 valence electrons. The zero-order valence-corrected chi connectivity index (χ0v) is 17.0. The largest absolute Gasteiger partial charge is 0.495 e. The molecule has 2 heterocycles. The van der Waals surface area contributed by atoms with Crippen LogP contribution in [0.25, 0.3) is 0 Å². The predicted molar refractivity (Wildman–Crippen MR) is 107 cm³/mol. The van der Waals surface area contributed by atoms with Crippen LogP contribution < -0.4 is 15.0 Å². The first-order valence-corrected chi connectivity index (χ1v) is 11.7. The molecule has 0 radical (unpaired) electrons. The third-order valence-corrected chi connectivity index (χ3v) is 8.33. The van der Waals surface area contributed by atoms with Crippen LogP contribution >= 0.6 is 0 Å². The highest BCUT2D eigenvalue weighted by atomic mass is 32.2. The molecule has 0 spiro atoms. The lowest BCUT2D eigenvalue weighted by atomic mass is 9.79. The van der Waals surface area contributed by atoms with Crippen molar-refractivity contribution in [3.05, 3.63) is 18.2 Å². The fraction of sp³-hybridized carbons (Fsp3) is 0.700. The summed E-state index contributed by atoms with van der Waals surface area (Å²) in [6.45, 7) is 4.16. The number of nitrogens with zero attached hydrogens (tertiary/aromatic N) is 2. The minimum absolute atomic E-state index is 0.183. The van der Waals surface area contributed by atoms with E-state index in [2.05, 4.69) is 10.2 Å². The molecular formula is C20H31N3O3S. The van der Waals surface area contributed by atoms with Crippen molar-refractivity contribution in [3.8, 4) is 5.75 Å². The molecular weight excluding hydrogens is 362 g/mol. The number of sulfonamides is 1. The Labute approximate surface area is 162 Å². The number of rotatable bonds is 4. The number of piperidine rings is 1. The van der Waals surface area contributed by atoms with Gasteiger partial charge in [0.2, 0.25) is 10.0 Å². The van der Waals surface area contributed by atoms with Crippen molar-refractivity contribution in [2.45, 2.75) is 49.5 Å². The Hall–Kier alpha value is -1.31. The van der Waals surface area contributed by atoms with E-state index in [1.807, 2.05) is 16.4 Å². The van der Waals surface area contributed by atoms with Gasteiger partial charge in [0.15, 0.2) is 0 Å². The summed E-state index contributed by atoms with van der Waals surface area (Å²) in [5.74, 6) is 1.28. The van der Waals surface area contributed by atoms with Crippen molar-refractivity contribution in [2.75, 3.05) is 44.7 Å². The molecule has 0 amide bonds. The van der Waals surface area contributed by atoms with Crippen LogP contribution in [-0.2, 0) is 10.0 Å². The van der Waals surface area contributed by atoms with Gasteiger partial charge in [0.05, 0.1) is 17.7 Å². The van der Waals surface area contributed by atoms with Gasteiger partial charge in [0.1, 0.15) is 5.75 Å². The van der Waals surface area contributed by atoms with Gasteiger partial charge in [-0.15, -0.1) is 0 Å². The zero-order chi connectivity index (χ0) is 18.9. The number of hydrogen-bond acceptors (Lipinski definition) is 5. The first-order valence-electron chi connectivity index (χ1n) is 10.3. The predicted octanol–water partition coefficient (Wildman–Crippen LogP) is 2.45. The highest BCUT2D eigenvalue weighted by Gasteiger charge is 2.40. The Balaban J connectivity index is 1.66. The van der Waals surface area contributed by atoms with Crippen molar-refractivity contribution < 1.29 is 13.2 Å². The van der Waals surface area contributed by atoms with E-state index in [0.29, 0.717) is 17.4 Å². The van der Waals surface area contributed by atoms with Crippen LogP contribution in [0.1, 0.15) is 38.5 Å². The fourth-order valence-corrected chi connectivity index (χ4v) is 6.77. The third kappa shape index (κ3) is 3.69. The van der Waals surface area contributed by atoms with Gasteiger partial charge in [-0.25, -0.2) is 8.42 Å². The van der Waals surface area contributed by atoms with Gasteiger partial charge in [-0.3, -0.25) is 0 Å². The molecule has 3 aliphatic rings. The quantitative estimate of drug-likeness (QED) is 0.851. The van der Waals surface area contributed by atoms with Gasteiger partial charge < -0.3 is 15.0 Å². The highest BCUT2D eigenvalue weighted by molar-refractivity contribution is 7.89. The second-order valence-electron chi connectivity index (χ2n) is 7.94. The first kappa shape index (κ1) is 19.0. The van der Waals surface area contributed by atoms with Crippen LogP contribution in [0.5, 0.6) is 5.75 Å². The summed E-state index contributed by atoms with van der Waals surface area (Å²) in [5, 5.41) is 3.34. The number of benzene rings is 1.